The van der Waals surface area contributed by atoms with Gasteiger partial charge in [0.15, 0.2) is 0 Å². The van der Waals surface area contributed by atoms with E-state index in [4.69, 9.17) is 9.52 Å². The molecule has 16 heavy (non-hydrogen) atoms. The maximum absolute atomic E-state index is 9.01. The zero-order valence-corrected chi connectivity index (χ0v) is 10.1. The highest BCUT2D eigenvalue weighted by Gasteiger charge is 2.30. The predicted octanol–water partition coefficient (Wildman–Crippen LogP) is 2.15. The molecule has 1 atom stereocenters. The van der Waals surface area contributed by atoms with Crippen molar-refractivity contribution in [2.24, 2.45) is 5.92 Å². The van der Waals surface area contributed by atoms with E-state index in [0.717, 1.165) is 30.4 Å². The minimum Gasteiger partial charge on any atom is -0.466 e. The van der Waals surface area contributed by atoms with Crippen molar-refractivity contribution in [3.05, 3.63) is 23.2 Å². The number of nitrogens with one attached hydrogen (secondary N) is 1. The van der Waals surface area contributed by atoms with Crippen molar-refractivity contribution < 1.29 is 9.52 Å². The van der Waals surface area contributed by atoms with Crippen molar-refractivity contribution in [1.82, 2.24) is 5.32 Å². The fourth-order valence-corrected chi connectivity index (χ4v) is 2.24. The van der Waals surface area contributed by atoms with Gasteiger partial charge in [-0.25, -0.2) is 0 Å². The zero-order valence-electron chi connectivity index (χ0n) is 10.1. The molecule has 1 aliphatic rings. The Morgan fingerprint density at radius 3 is 2.75 bits per heavy atom. The van der Waals surface area contributed by atoms with E-state index in [9.17, 15) is 0 Å². The van der Waals surface area contributed by atoms with Crippen LogP contribution in [-0.2, 0) is 6.54 Å². The van der Waals surface area contributed by atoms with Crippen LogP contribution in [0.1, 0.15) is 36.3 Å². The lowest BCUT2D eigenvalue weighted by Crippen LogP contribution is -2.31. The maximum atomic E-state index is 9.01. The van der Waals surface area contributed by atoms with E-state index >= 15 is 0 Å². The van der Waals surface area contributed by atoms with E-state index in [1.54, 1.807) is 0 Å². The quantitative estimate of drug-likeness (QED) is 0.776. The molecule has 0 aromatic carbocycles. The molecule has 0 aliphatic heterocycles. The predicted molar refractivity (Wildman–Crippen MR) is 63.2 cm³/mol. The van der Waals surface area contributed by atoms with Gasteiger partial charge < -0.3 is 14.8 Å². The van der Waals surface area contributed by atoms with E-state index < -0.39 is 0 Å². The molecule has 1 aromatic rings. The molecule has 0 spiro atoms. The Balaban J connectivity index is 1.87. The highest BCUT2D eigenvalue weighted by Crippen LogP contribution is 2.34. The van der Waals surface area contributed by atoms with E-state index in [2.05, 4.69) is 11.4 Å². The van der Waals surface area contributed by atoms with Crippen molar-refractivity contribution in [1.29, 1.82) is 0 Å². The molecule has 1 saturated carbocycles. The van der Waals surface area contributed by atoms with Gasteiger partial charge in [-0.1, -0.05) is 0 Å². The van der Waals surface area contributed by atoms with E-state index in [0.29, 0.717) is 6.04 Å². The molecule has 3 nitrogen and oxygen atoms in total. The first kappa shape index (κ1) is 11.7. The molecule has 1 aliphatic carbocycles. The van der Waals surface area contributed by atoms with Crippen LogP contribution >= 0.6 is 0 Å². The van der Waals surface area contributed by atoms with Gasteiger partial charge in [-0.3, -0.25) is 0 Å². The standard InChI is InChI=1S/C13H21NO2/c1-9-7-12(10(2)16-9)8-14-13(5-6-15)11-3-4-11/h7,11,13-15H,3-6,8H2,1-2H3. The third-order valence-corrected chi connectivity index (χ3v) is 3.33. The van der Waals surface area contributed by atoms with E-state index in [1.807, 2.05) is 13.8 Å². The molecule has 0 bridgehead atoms. The summed E-state index contributed by atoms with van der Waals surface area (Å²) in [6.45, 7) is 5.10. The SMILES string of the molecule is Cc1cc(CNC(CCO)C2CC2)c(C)o1. The second-order valence-corrected chi connectivity index (χ2v) is 4.78. The fraction of sp³-hybridized carbons (Fsp3) is 0.692. The number of hydrogen-bond acceptors (Lipinski definition) is 3. The molecule has 0 saturated heterocycles. The van der Waals surface area contributed by atoms with E-state index in [1.165, 1.54) is 18.4 Å². The fourth-order valence-electron chi connectivity index (χ4n) is 2.24. The largest absolute Gasteiger partial charge is 0.466 e. The summed E-state index contributed by atoms with van der Waals surface area (Å²) in [4.78, 5) is 0. The van der Waals surface area contributed by atoms with Gasteiger partial charge in [-0.2, -0.15) is 0 Å². The Labute approximate surface area is 96.8 Å². The summed E-state index contributed by atoms with van der Waals surface area (Å²) in [7, 11) is 0. The maximum Gasteiger partial charge on any atom is 0.105 e. The van der Waals surface area contributed by atoms with Crippen LogP contribution < -0.4 is 5.32 Å². The van der Waals surface area contributed by atoms with Crippen LogP contribution in [0.4, 0.5) is 0 Å². The Morgan fingerprint density at radius 2 is 2.25 bits per heavy atom. The third kappa shape index (κ3) is 2.86. The first-order chi connectivity index (χ1) is 7.70. The summed E-state index contributed by atoms with van der Waals surface area (Å²) in [5, 5.41) is 12.5. The molecule has 1 heterocycles. The number of furan rings is 1. The summed E-state index contributed by atoms with van der Waals surface area (Å²) in [6.07, 6.45) is 3.47. The lowest BCUT2D eigenvalue weighted by atomic mass is 10.1. The summed E-state index contributed by atoms with van der Waals surface area (Å²) in [5.74, 6) is 2.75. The average molecular weight is 223 g/mol. The summed E-state index contributed by atoms with van der Waals surface area (Å²) in [6, 6.07) is 2.56. The molecular weight excluding hydrogens is 202 g/mol. The highest BCUT2D eigenvalue weighted by atomic mass is 16.3. The molecule has 0 amide bonds. The lowest BCUT2D eigenvalue weighted by Gasteiger charge is -2.16. The zero-order chi connectivity index (χ0) is 11.5. The van der Waals surface area contributed by atoms with Crippen LogP contribution in [0.25, 0.3) is 0 Å². The van der Waals surface area contributed by atoms with Crippen molar-refractivity contribution in [3.63, 3.8) is 0 Å². The number of hydrogen-bond donors (Lipinski definition) is 2. The molecule has 1 unspecified atom stereocenters. The average Bonchev–Trinajstić information content (AvgIpc) is 3.01. The molecule has 2 N–H and O–H groups in total. The van der Waals surface area contributed by atoms with Crippen molar-refractivity contribution >= 4 is 0 Å². The van der Waals surface area contributed by atoms with Crippen molar-refractivity contribution in [2.45, 2.75) is 45.7 Å². The number of aryl methyl sites for hydroxylation is 2. The Hall–Kier alpha value is -0.800. The molecular formula is C13H21NO2. The van der Waals surface area contributed by atoms with Gasteiger partial charge >= 0.3 is 0 Å². The first-order valence-corrected chi connectivity index (χ1v) is 6.11. The van der Waals surface area contributed by atoms with Crippen LogP contribution in [0.5, 0.6) is 0 Å². The molecule has 90 valence electrons. The molecule has 1 aromatic heterocycles. The van der Waals surface area contributed by atoms with Gasteiger partial charge in [-0.05, 0) is 45.1 Å². The summed E-state index contributed by atoms with van der Waals surface area (Å²) in [5.41, 5.74) is 1.24. The van der Waals surface area contributed by atoms with Gasteiger partial charge in [0.05, 0.1) is 0 Å². The van der Waals surface area contributed by atoms with Crippen LogP contribution in [0, 0.1) is 19.8 Å². The molecule has 1 fully saturated rings. The van der Waals surface area contributed by atoms with Gasteiger partial charge in [-0.15, -0.1) is 0 Å². The monoisotopic (exact) mass is 223 g/mol. The normalized spacial score (nSPS) is 17.7. The minimum absolute atomic E-state index is 0.275. The van der Waals surface area contributed by atoms with Gasteiger partial charge in [0, 0.05) is 24.8 Å². The summed E-state index contributed by atoms with van der Waals surface area (Å²) < 4.78 is 5.49. The van der Waals surface area contributed by atoms with Gasteiger partial charge in [0.2, 0.25) is 0 Å². The smallest absolute Gasteiger partial charge is 0.105 e. The number of aliphatic hydroxyl groups is 1. The minimum atomic E-state index is 0.275. The van der Waals surface area contributed by atoms with Gasteiger partial charge in [0.25, 0.3) is 0 Å². The molecule has 3 heteroatoms. The lowest BCUT2D eigenvalue weighted by molar-refractivity contribution is 0.255. The van der Waals surface area contributed by atoms with Crippen molar-refractivity contribution in [3.8, 4) is 0 Å². The van der Waals surface area contributed by atoms with Crippen LogP contribution in [0.15, 0.2) is 10.5 Å². The topological polar surface area (TPSA) is 45.4 Å². The number of rotatable bonds is 6. The Kier molecular flexibility index (Phi) is 3.66. The first-order valence-electron chi connectivity index (χ1n) is 6.11. The Morgan fingerprint density at radius 1 is 1.50 bits per heavy atom. The van der Waals surface area contributed by atoms with Crippen molar-refractivity contribution in [2.75, 3.05) is 6.61 Å². The highest BCUT2D eigenvalue weighted by molar-refractivity contribution is 5.19. The van der Waals surface area contributed by atoms with Crippen LogP contribution in [0.3, 0.4) is 0 Å². The van der Waals surface area contributed by atoms with Crippen LogP contribution in [0.2, 0.25) is 0 Å². The summed E-state index contributed by atoms with van der Waals surface area (Å²) >= 11 is 0. The molecule has 2 rings (SSSR count). The second kappa shape index (κ2) is 5.02. The van der Waals surface area contributed by atoms with E-state index in [-0.39, 0.29) is 6.61 Å². The second-order valence-electron chi connectivity index (χ2n) is 4.78. The molecule has 0 radical (unpaired) electrons. The Bertz CT molecular complexity index is 342. The number of aliphatic hydroxyl groups excluding tert-OH is 1. The van der Waals surface area contributed by atoms with Crippen LogP contribution in [-0.4, -0.2) is 17.8 Å². The van der Waals surface area contributed by atoms with Gasteiger partial charge in [0.1, 0.15) is 11.5 Å². The third-order valence-electron chi connectivity index (χ3n) is 3.33.